The van der Waals surface area contributed by atoms with Crippen LogP contribution in [0.25, 0.3) is 0 Å². The van der Waals surface area contributed by atoms with E-state index in [-0.39, 0.29) is 24.9 Å². The van der Waals surface area contributed by atoms with Gasteiger partial charge in [-0.2, -0.15) is 0 Å². The molecule has 5 heteroatoms. The minimum Gasteiger partial charge on any atom is -0.484 e. The van der Waals surface area contributed by atoms with Crippen LogP contribution in [0.4, 0.5) is 0 Å². The summed E-state index contributed by atoms with van der Waals surface area (Å²) in [5.41, 5.74) is 1.19. The lowest BCUT2D eigenvalue weighted by atomic mass is 10.2. The quantitative estimate of drug-likeness (QED) is 0.845. The molecule has 0 bridgehead atoms. The molecule has 1 aliphatic rings. The monoisotopic (exact) mass is 284 g/mol. The summed E-state index contributed by atoms with van der Waals surface area (Å²) in [4.78, 5) is 16.0. The van der Waals surface area contributed by atoms with E-state index in [0.717, 1.165) is 31.9 Å². The van der Waals surface area contributed by atoms with Gasteiger partial charge in [-0.05, 0) is 26.1 Å². The summed E-state index contributed by atoms with van der Waals surface area (Å²) in [5, 5.41) is 0. The molecule has 106 valence electrons. The molecule has 0 spiro atoms. The summed E-state index contributed by atoms with van der Waals surface area (Å²) < 4.78 is 5.50. The van der Waals surface area contributed by atoms with Crippen LogP contribution in [0.3, 0.4) is 0 Å². The third-order valence-corrected chi connectivity index (χ3v) is 3.24. The number of hydrogen-bond donors (Lipinski definition) is 0. The molecule has 1 fully saturated rings. The number of carbonyl (C=O) groups is 1. The standard InChI is InChI=1S/C14H20N2O2.ClH/c1-12-3-5-13(6-4-12)18-11-14(17)16-9-7-15(2)8-10-16;/h3-6H,7-11H2,1-2H3;1H. The molecule has 2 rings (SSSR count). The zero-order valence-corrected chi connectivity index (χ0v) is 12.3. The third-order valence-electron chi connectivity index (χ3n) is 3.24. The molecule has 1 aromatic rings. The zero-order valence-electron chi connectivity index (χ0n) is 11.5. The Labute approximate surface area is 120 Å². The Morgan fingerprint density at radius 1 is 1.16 bits per heavy atom. The summed E-state index contributed by atoms with van der Waals surface area (Å²) in [6.45, 7) is 5.64. The molecule has 0 N–H and O–H groups in total. The summed E-state index contributed by atoms with van der Waals surface area (Å²) in [5.74, 6) is 0.826. The van der Waals surface area contributed by atoms with Crippen molar-refractivity contribution in [2.75, 3.05) is 39.8 Å². The first-order chi connectivity index (χ1) is 8.65. The van der Waals surface area contributed by atoms with E-state index >= 15 is 0 Å². The van der Waals surface area contributed by atoms with E-state index in [1.165, 1.54) is 5.56 Å². The lowest BCUT2D eigenvalue weighted by Crippen LogP contribution is -2.48. The first-order valence-corrected chi connectivity index (χ1v) is 6.31. The van der Waals surface area contributed by atoms with Gasteiger partial charge in [0, 0.05) is 26.2 Å². The van der Waals surface area contributed by atoms with Crippen molar-refractivity contribution in [1.29, 1.82) is 0 Å². The van der Waals surface area contributed by atoms with E-state index in [2.05, 4.69) is 11.9 Å². The summed E-state index contributed by atoms with van der Waals surface area (Å²) in [6, 6.07) is 7.75. The topological polar surface area (TPSA) is 32.8 Å². The molecule has 1 aromatic carbocycles. The molecular weight excluding hydrogens is 264 g/mol. The summed E-state index contributed by atoms with van der Waals surface area (Å²) >= 11 is 0. The van der Waals surface area contributed by atoms with Gasteiger partial charge in [-0.15, -0.1) is 12.4 Å². The van der Waals surface area contributed by atoms with Gasteiger partial charge in [-0.25, -0.2) is 0 Å². The smallest absolute Gasteiger partial charge is 0.260 e. The van der Waals surface area contributed by atoms with Crippen molar-refractivity contribution in [1.82, 2.24) is 9.80 Å². The fourth-order valence-corrected chi connectivity index (χ4v) is 1.93. The second kappa shape index (κ2) is 7.36. The van der Waals surface area contributed by atoms with E-state index in [0.29, 0.717) is 0 Å². The van der Waals surface area contributed by atoms with Crippen LogP contribution in [0.2, 0.25) is 0 Å². The van der Waals surface area contributed by atoms with Crippen LogP contribution in [0.5, 0.6) is 5.75 Å². The van der Waals surface area contributed by atoms with Crippen molar-refractivity contribution < 1.29 is 9.53 Å². The summed E-state index contributed by atoms with van der Waals surface area (Å²) in [7, 11) is 2.07. The number of rotatable bonds is 3. The number of carbonyl (C=O) groups excluding carboxylic acids is 1. The predicted octanol–water partition coefficient (Wildman–Crippen LogP) is 1.57. The van der Waals surface area contributed by atoms with E-state index in [1.807, 2.05) is 36.1 Å². The Morgan fingerprint density at radius 2 is 1.74 bits per heavy atom. The molecule has 0 aliphatic carbocycles. The van der Waals surface area contributed by atoms with E-state index < -0.39 is 0 Å². The Morgan fingerprint density at radius 3 is 2.32 bits per heavy atom. The van der Waals surface area contributed by atoms with Crippen LogP contribution in [-0.2, 0) is 4.79 Å². The maximum atomic E-state index is 11.9. The maximum Gasteiger partial charge on any atom is 0.260 e. The highest BCUT2D eigenvalue weighted by Crippen LogP contribution is 2.11. The Hall–Kier alpha value is -1.26. The second-order valence-corrected chi connectivity index (χ2v) is 4.79. The first kappa shape index (κ1) is 15.8. The van der Waals surface area contributed by atoms with Crippen molar-refractivity contribution in [3.05, 3.63) is 29.8 Å². The van der Waals surface area contributed by atoms with E-state index in [9.17, 15) is 4.79 Å². The van der Waals surface area contributed by atoms with E-state index in [4.69, 9.17) is 4.74 Å². The van der Waals surface area contributed by atoms with Gasteiger partial charge in [0.05, 0.1) is 0 Å². The van der Waals surface area contributed by atoms with Crippen molar-refractivity contribution in [2.45, 2.75) is 6.92 Å². The van der Waals surface area contributed by atoms with Gasteiger partial charge < -0.3 is 14.5 Å². The minimum atomic E-state index is 0. The third kappa shape index (κ3) is 4.73. The van der Waals surface area contributed by atoms with Gasteiger partial charge in [-0.1, -0.05) is 17.7 Å². The lowest BCUT2D eigenvalue weighted by molar-refractivity contribution is -0.134. The first-order valence-electron chi connectivity index (χ1n) is 6.31. The molecular formula is C14H21ClN2O2. The number of benzene rings is 1. The average Bonchev–Trinajstić information content (AvgIpc) is 2.38. The Bertz CT molecular complexity index is 400. The van der Waals surface area contributed by atoms with Gasteiger partial charge in [0.15, 0.2) is 6.61 Å². The fourth-order valence-electron chi connectivity index (χ4n) is 1.93. The number of hydrogen-bond acceptors (Lipinski definition) is 3. The van der Waals surface area contributed by atoms with Crippen LogP contribution in [0.15, 0.2) is 24.3 Å². The van der Waals surface area contributed by atoms with Gasteiger partial charge in [0.2, 0.25) is 0 Å². The van der Waals surface area contributed by atoms with Gasteiger partial charge in [-0.3, -0.25) is 4.79 Å². The zero-order chi connectivity index (χ0) is 13.0. The Kier molecular flexibility index (Phi) is 6.12. The Balaban J connectivity index is 0.00000180. The fraction of sp³-hybridized carbons (Fsp3) is 0.500. The number of aryl methyl sites for hydroxylation is 1. The number of likely N-dealkylation sites (N-methyl/N-ethyl adjacent to an activating group) is 1. The van der Waals surface area contributed by atoms with Crippen LogP contribution >= 0.6 is 12.4 Å². The molecule has 0 unspecified atom stereocenters. The highest BCUT2D eigenvalue weighted by atomic mass is 35.5. The molecule has 0 aromatic heterocycles. The van der Waals surface area contributed by atoms with Crippen LogP contribution in [-0.4, -0.2) is 55.5 Å². The largest absolute Gasteiger partial charge is 0.484 e. The number of nitrogens with zero attached hydrogens (tertiary/aromatic N) is 2. The number of ether oxygens (including phenoxy) is 1. The van der Waals surface area contributed by atoms with Gasteiger partial charge in [0.25, 0.3) is 5.91 Å². The van der Waals surface area contributed by atoms with Crippen molar-refractivity contribution in [3.63, 3.8) is 0 Å². The maximum absolute atomic E-state index is 11.9. The molecule has 4 nitrogen and oxygen atoms in total. The van der Waals surface area contributed by atoms with Crippen LogP contribution < -0.4 is 4.74 Å². The SMILES string of the molecule is Cc1ccc(OCC(=O)N2CCN(C)CC2)cc1.Cl. The minimum absolute atomic E-state index is 0. The highest BCUT2D eigenvalue weighted by molar-refractivity contribution is 5.85. The highest BCUT2D eigenvalue weighted by Gasteiger charge is 2.19. The molecule has 1 heterocycles. The average molecular weight is 285 g/mol. The van der Waals surface area contributed by atoms with Crippen molar-refractivity contribution in [2.24, 2.45) is 0 Å². The van der Waals surface area contributed by atoms with Crippen molar-refractivity contribution in [3.8, 4) is 5.75 Å². The molecule has 1 saturated heterocycles. The molecule has 1 aliphatic heterocycles. The molecule has 19 heavy (non-hydrogen) atoms. The molecule has 0 atom stereocenters. The molecule has 0 saturated carbocycles. The number of amides is 1. The van der Waals surface area contributed by atoms with E-state index in [1.54, 1.807) is 0 Å². The number of piperazine rings is 1. The van der Waals surface area contributed by atoms with Crippen molar-refractivity contribution >= 4 is 18.3 Å². The van der Waals surface area contributed by atoms with Crippen LogP contribution in [0.1, 0.15) is 5.56 Å². The predicted molar refractivity (Wildman–Crippen MR) is 78.0 cm³/mol. The number of halogens is 1. The molecule has 0 radical (unpaired) electrons. The van der Waals surface area contributed by atoms with Gasteiger partial charge in [0.1, 0.15) is 5.75 Å². The lowest BCUT2D eigenvalue weighted by Gasteiger charge is -2.32. The van der Waals surface area contributed by atoms with Crippen LogP contribution in [0, 0.1) is 6.92 Å². The molecule has 1 amide bonds. The second-order valence-electron chi connectivity index (χ2n) is 4.79. The summed E-state index contributed by atoms with van der Waals surface area (Å²) in [6.07, 6.45) is 0. The van der Waals surface area contributed by atoms with Gasteiger partial charge >= 0.3 is 0 Å². The normalized spacial score (nSPS) is 15.8.